The SMILES string of the molecule is CC(C)(C)OC(=O)NC1CCN(C(=O)c2ccc(Oc3ccc(Cl)cc3[N+](=O)[O-])cc2)CC1. The number of rotatable bonds is 5. The zero-order valence-corrected chi connectivity index (χ0v) is 19.4. The van der Waals surface area contributed by atoms with Gasteiger partial charge in [0.1, 0.15) is 11.4 Å². The molecule has 0 radical (unpaired) electrons. The predicted octanol–water partition coefficient (Wildman–Crippen LogP) is 5.17. The number of carbonyl (C=O) groups is 2. The van der Waals surface area contributed by atoms with E-state index in [0.29, 0.717) is 37.2 Å². The maximum Gasteiger partial charge on any atom is 0.407 e. The van der Waals surface area contributed by atoms with Gasteiger partial charge in [0.25, 0.3) is 5.91 Å². The van der Waals surface area contributed by atoms with Gasteiger partial charge < -0.3 is 19.7 Å². The molecule has 0 aromatic heterocycles. The molecule has 1 fully saturated rings. The lowest BCUT2D eigenvalue weighted by atomic mass is 10.0. The van der Waals surface area contributed by atoms with Gasteiger partial charge in [0.05, 0.1) is 4.92 Å². The van der Waals surface area contributed by atoms with Gasteiger partial charge in [0, 0.05) is 35.8 Å². The van der Waals surface area contributed by atoms with Gasteiger partial charge in [0.15, 0.2) is 0 Å². The number of halogens is 1. The van der Waals surface area contributed by atoms with E-state index in [1.807, 2.05) is 0 Å². The van der Waals surface area contributed by atoms with Crippen LogP contribution in [0.15, 0.2) is 42.5 Å². The second kappa shape index (κ2) is 10.1. The number of amides is 2. The zero-order valence-electron chi connectivity index (χ0n) is 18.7. The van der Waals surface area contributed by atoms with E-state index in [9.17, 15) is 19.7 Å². The number of ether oxygens (including phenoxy) is 2. The fourth-order valence-corrected chi connectivity index (χ4v) is 3.56. The van der Waals surface area contributed by atoms with Crippen LogP contribution in [0.1, 0.15) is 44.0 Å². The lowest BCUT2D eigenvalue weighted by Gasteiger charge is -2.33. The van der Waals surface area contributed by atoms with Crippen LogP contribution in [0.4, 0.5) is 10.5 Å². The molecule has 1 saturated heterocycles. The molecular formula is C23H26ClN3O6. The molecule has 3 rings (SSSR count). The van der Waals surface area contributed by atoms with Crippen molar-refractivity contribution in [1.29, 1.82) is 0 Å². The molecule has 0 spiro atoms. The summed E-state index contributed by atoms with van der Waals surface area (Å²) in [5, 5.41) is 14.3. The van der Waals surface area contributed by atoms with Crippen molar-refractivity contribution in [3.05, 3.63) is 63.2 Å². The molecule has 1 aliphatic heterocycles. The molecule has 1 N–H and O–H groups in total. The first kappa shape index (κ1) is 24.3. The lowest BCUT2D eigenvalue weighted by molar-refractivity contribution is -0.385. The molecule has 0 bridgehead atoms. The van der Waals surface area contributed by atoms with Gasteiger partial charge in [-0.1, -0.05) is 11.6 Å². The van der Waals surface area contributed by atoms with Gasteiger partial charge in [-0.05, 0) is 70.0 Å². The third-order valence-corrected chi connectivity index (χ3v) is 5.18. The number of carbonyl (C=O) groups excluding carboxylic acids is 2. The fraction of sp³-hybridized carbons (Fsp3) is 0.391. The fourth-order valence-electron chi connectivity index (χ4n) is 3.40. The molecule has 0 unspecified atom stereocenters. The maximum absolute atomic E-state index is 12.8. The largest absolute Gasteiger partial charge is 0.450 e. The third kappa shape index (κ3) is 6.82. The Morgan fingerprint density at radius 2 is 1.76 bits per heavy atom. The van der Waals surface area contributed by atoms with Gasteiger partial charge in [-0.3, -0.25) is 14.9 Å². The lowest BCUT2D eigenvalue weighted by Crippen LogP contribution is -2.47. The van der Waals surface area contributed by atoms with Crippen LogP contribution in [0.5, 0.6) is 11.5 Å². The van der Waals surface area contributed by atoms with Gasteiger partial charge >= 0.3 is 11.8 Å². The van der Waals surface area contributed by atoms with E-state index in [0.717, 1.165) is 0 Å². The first-order valence-corrected chi connectivity index (χ1v) is 10.9. The summed E-state index contributed by atoms with van der Waals surface area (Å²) in [5.41, 5.74) is -0.327. The molecule has 0 aliphatic carbocycles. The van der Waals surface area contributed by atoms with Crippen molar-refractivity contribution >= 4 is 29.3 Å². The van der Waals surface area contributed by atoms with Crippen LogP contribution >= 0.6 is 11.6 Å². The Morgan fingerprint density at radius 3 is 2.33 bits per heavy atom. The number of benzene rings is 2. The predicted molar refractivity (Wildman–Crippen MR) is 123 cm³/mol. The zero-order chi connectivity index (χ0) is 24.2. The minimum absolute atomic E-state index is 0.0464. The molecule has 9 nitrogen and oxygen atoms in total. The third-order valence-electron chi connectivity index (χ3n) is 4.95. The normalized spacial score (nSPS) is 14.5. The molecule has 2 aromatic carbocycles. The molecule has 1 aliphatic rings. The molecule has 176 valence electrons. The molecule has 2 amide bonds. The Hall–Kier alpha value is -3.33. The van der Waals surface area contributed by atoms with Gasteiger partial charge in [-0.2, -0.15) is 0 Å². The number of nitrogens with one attached hydrogen (secondary N) is 1. The average Bonchev–Trinajstić information content (AvgIpc) is 2.74. The Balaban J connectivity index is 1.56. The van der Waals surface area contributed by atoms with E-state index in [-0.39, 0.29) is 28.4 Å². The number of likely N-dealkylation sites (tertiary alicyclic amines) is 1. The van der Waals surface area contributed by atoms with Gasteiger partial charge in [-0.25, -0.2) is 4.79 Å². The summed E-state index contributed by atoms with van der Waals surface area (Å²) in [4.78, 5) is 37.1. The standard InChI is InChI=1S/C23H26ClN3O6/c1-23(2,3)33-22(29)25-17-10-12-26(13-11-17)21(28)15-4-7-18(8-5-15)32-20-9-6-16(24)14-19(20)27(30)31/h4-9,14,17H,10-13H2,1-3H3,(H,25,29). The van der Waals surface area contributed by atoms with Gasteiger partial charge in [0.2, 0.25) is 5.75 Å². The van der Waals surface area contributed by atoms with E-state index >= 15 is 0 Å². The number of hydrogen-bond donors (Lipinski definition) is 1. The molecule has 2 aromatic rings. The van der Waals surface area contributed by atoms with Crippen molar-refractivity contribution in [2.24, 2.45) is 0 Å². The minimum Gasteiger partial charge on any atom is -0.450 e. The highest BCUT2D eigenvalue weighted by Crippen LogP contribution is 2.33. The minimum atomic E-state index is -0.569. The second-order valence-corrected chi connectivity index (χ2v) is 9.14. The van der Waals surface area contributed by atoms with Crippen LogP contribution in [0.25, 0.3) is 0 Å². The number of nitrogens with zero attached hydrogens (tertiary/aromatic N) is 2. The van der Waals surface area contributed by atoms with E-state index in [4.69, 9.17) is 21.1 Å². The van der Waals surface area contributed by atoms with Gasteiger partial charge in [-0.15, -0.1) is 0 Å². The molecule has 0 atom stereocenters. The molecular weight excluding hydrogens is 450 g/mol. The van der Waals surface area contributed by atoms with Crippen molar-refractivity contribution in [3.63, 3.8) is 0 Å². The molecule has 1 heterocycles. The summed E-state index contributed by atoms with van der Waals surface area (Å²) in [6, 6.07) is 10.5. The summed E-state index contributed by atoms with van der Waals surface area (Å²) < 4.78 is 10.9. The van der Waals surface area contributed by atoms with Crippen molar-refractivity contribution < 1.29 is 24.0 Å². The Kier molecular flexibility index (Phi) is 7.43. The van der Waals surface area contributed by atoms with Crippen LogP contribution in [0, 0.1) is 10.1 Å². The first-order chi connectivity index (χ1) is 15.5. The Bertz CT molecular complexity index is 1030. The average molecular weight is 476 g/mol. The number of alkyl carbamates (subject to hydrolysis) is 1. The Morgan fingerprint density at radius 1 is 1.12 bits per heavy atom. The molecule has 10 heteroatoms. The smallest absolute Gasteiger partial charge is 0.407 e. The van der Waals surface area contributed by atoms with E-state index in [1.165, 1.54) is 18.2 Å². The number of piperidine rings is 1. The van der Waals surface area contributed by atoms with Crippen LogP contribution in [-0.4, -0.2) is 46.6 Å². The number of nitro benzene ring substituents is 1. The summed E-state index contributed by atoms with van der Waals surface area (Å²) in [6.07, 6.45) is 0.808. The maximum atomic E-state index is 12.8. The van der Waals surface area contributed by atoms with Crippen molar-refractivity contribution in [2.45, 2.75) is 45.3 Å². The highest BCUT2D eigenvalue weighted by Gasteiger charge is 2.26. The monoisotopic (exact) mass is 475 g/mol. The van der Waals surface area contributed by atoms with Crippen molar-refractivity contribution in [1.82, 2.24) is 10.2 Å². The number of nitro groups is 1. The topological polar surface area (TPSA) is 111 Å². The quantitative estimate of drug-likeness (QED) is 0.471. The molecule has 33 heavy (non-hydrogen) atoms. The second-order valence-electron chi connectivity index (χ2n) is 8.71. The Labute approximate surface area is 196 Å². The van der Waals surface area contributed by atoms with Crippen LogP contribution in [0.3, 0.4) is 0 Å². The van der Waals surface area contributed by atoms with Crippen molar-refractivity contribution in [2.75, 3.05) is 13.1 Å². The first-order valence-electron chi connectivity index (χ1n) is 10.5. The van der Waals surface area contributed by atoms with Crippen LogP contribution < -0.4 is 10.1 Å². The van der Waals surface area contributed by atoms with E-state index in [1.54, 1.807) is 49.9 Å². The molecule has 0 saturated carbocycles. The van der Waals surface area contributed by atoms with E-state index in [2.05, 4.69) is 5.32 Å². The van der Waals surface area contributed by atoms with Crippen LogP contribution in [-0.2, 0) is 4.74 Å². The number of hydrogen-bond acceptors (Lipinski definition) is 6. The summed E-state index contributed by atoms with van der Waals surface area (Å²) in [5.74, 6) is 0.287. The highest BCUT2D eigenvalue weighted by molar-refractivity contribution is 6.30. The van der Waals surface area contributed by atoms with Crippen molar-refractivity contribution in [3.8, 4) is 11.5 Å². The van der Waals surface area contributed by atoms with Crippen LogP contribution in [0.2, 0.25) is 5.02 Å². The highest BCUT2D eigenvalue weighted by atomic mass is 35.5. The van der Waals surface area contributed by atoms with E-state index < -0.39 is 16.6 Å². The summed E-state index contributed by atoms with van der Waals surface area (Å²) >= 11 is 5.82. The summed E-state index contributed by atoms with van der Waals surface area (Å²) in [7, 11) is 0. The summed E-state index contributed by atoms with van der Waals surface area (Å²) in [6.45, 7) is 6.44.